The molecule has 2 rings (SSSR count). The van der Waals surface area contributed by atoms with Gasteiger partial charge in [-0.2, -0.15) is 0 Å². The lowest BCUT2D eigenvalue weighted by molar-refractivity contribution is -0.288. The fourth-order valence-electron chi connectivity index (χ4n) is 3.10. The number of esters is 4. The van der Waals surface area contributed by atoms with Gasteiger partial charge in [0.1, 0.15) is 18.5 Å². The van der Waals surface area contributed by atoms with Gasteiger partial charge in [0.2, 0.25) is 12.4 Å². The zero-order valence-corrected chi connectivity index (χ0v) is 18.0. The fourth-order valence-corrected chi connectivity index (χ4v) is 3.10. The van der Waals surface area contributed by atoms with Gasteiger partial charge in [-0.25, -0.2) is 0 Å². The van der Waals surface area contributed by atoms with Crippen molar-refractivity contribution < 1.29 is 47.6 Å². The summed E-state index contributed by atoms with van der Waals surface area (Å²) in [6.45, 7) is 6.18. The number of ether oxygens (including phenoxy) is 6. The SMILES string of the molecule is CC(=O)OC[C@@H]1O[C@@H](Oc2ccccc2C)[C@@H](OC(C)=O)[C@H](OC(C)=O)[C@@H]1OC(C)=O. The average Bonchev–Trinajstić information content (AvgIpc) is 2.65. The van der Waals surface area contributed by atoms with Crippen molar-refractivity contribution in [2.75, 3.05) is 6.61 Å². The Bertz CT molecular complexity index is 820. The normalized spacial score (nSPS) is 25.1. The zero-order chi connectivity index (χ0) is 23.1. The van der Waals surface area contributed by atoms with Crippen LogP contribution in [0.2, 0.25) is 0 Å². The Morgan fingerprint density at radius 3 is 1.90 bits per heavy atom. The molecule has 1 aromatic rings. The van der Waals surface area contributed by atoms with E-state index < -0.39 is 54.6 Å². The third kappa shape index (κ3) is 6.95. The summed E-state index contributed by atoms with van der Waals surface area (Å²) in [7, 11) is 0. The molecule has 0 aromatic heterocycles. The van der Waals surface area contributed by atoms with Gasteiger partial charge in [0.25, 0.3) is 0 Å². The third-order valence-electron chi connectivity index (χ3n) is 4.28. The molecule has 0 aliphatic carbocycles. The predicted molar refractivity (Wildman–Crippen MR) is 104 cm³/mol. The van der Waals surface area contributed by atoms with E-state index in [9.17, 15) is 19.2 Å². The summed E-state index contributed by atoms with van der Waals surface area (Å²) < 4.78 is 32.9. The van der Waals surface area contributed by atoms with E-state index in [0.29, 0.717) is 5.75 Å². The number of para-hydroxylation sites is 1. The van der Waals surface area contributed by atoms with Crippen LogP contribution in [-0.4, -0.2) is 61.2 Å². The van der Waals surface area contributed by atoms with E-state index in [1.165, 1.54) is 13.8 Å². The summed E-state index contributed by atoms with van der Waals surface area (Å²) in [6, 6.07) is 7.05. The van der Waals surface area contributed by atoms with Gasteiger partial charge in [-0.05, 0) is 18.6 Å². The summed E-state index contributed by atoms with van der Waals surface area (Å²) in [4.78, 5) is 46.6. The maximum absolute atomic E-state index is 11.8. The molecule has 5 atom stereocenters. The average molecular weight is 438 g/mol. The second kappa shape index (κ2) is 10.8. The van der Waals surface area contributed by atoms with Crippen LogP contribution in [0.15, 0.2) is 24.3 Å². The zero-order valence-electron chi connectivity index (χ0n) is 18.0. The topological polar surface area (TPSA) is 124 Å². The number of hydrogen-bond acceptors (Lipinski definition) is 10. The molecular formula is C21H26O10. The summed E-state index contributed by atoms with van der Waals surface area (Å²) >= 11 is 0. The van der Waals surface area contributed by atoms with Gasteiger partial charge in [-0.3, -0.25) is 19.2 Å². The molecule has 0 spiro atoms. The van der Waals surface area contributed by atoms with Gasteiger partial charge in [0, 0.05) is 27.7 Å². The first-order valence-electron chi connectivity index (χ1n) is 9.61. The van der Waals surface area contributed by atoms with E-state index in [1.807, 2.05) is 6.07 Å². The van der Waals surface area contributed by atoms with Gasteiger partial charge < -0.3 is 28.4 Å². The predicted octanol–water partition coefficient (Wildman–Crippen LogP) is 1.46. The van der Waals surface area contributed by atoms with E-state index >= 15 is 0 Å². The van der Waals surface area contributed by atoms with Crippen LogP contribution in [0.4, 0.5) is 0 Å². The van der Waals surface area contributed by atoms with E-state index in [1.54, 1.807) is 25.1 Å². The molecule has 0 saturated carbocycles. The van der Waals surface area contributed by atoms with Gasteiger partial charge >= 0.3 is 23.9 Å². The van der Waals surface area contributed by atoms with Crippen LogP contribution in [0.1, 0.15) is 33.3 Å². The Morgan fingerprint density at radius 1 is 0.806 bits per heavy atom. The Kier molecular flexibility index (Phi) is 8.38. The Hall–Kier alpha value is -3.14. The van der Waals surface area contributed by atoms with Gasteiger partial charge in [-0.1, -0.05) is 18.2 Å². The molecule has 31 heavy (non-hydrogen) atoms. The molecule has 0 unspecified atom stereocenters. The number of aryl methyl sites for hydroxylation is 1. The van der Waals surface area contributed by atoms with Crippen LogP contribution in [0.5, 0.6) is 5.75 Å². The maximum Gasteiger partial charge on any atom is 0.303 e. The van der Waals surface area contributed by atoms with Crippen LogP contribution in [0.3, 0.4) is 0 Å². The summed E-state index contributed by atoms with van der Waals surface area (Å²) in [5.41, 5.74) is 0.773. The molecule has 0 radical (unpaired) electrons. The van der Waals surface area contributed by atoms with Gasteiger partial charge in [-0.15, -0.1) is 0 Å². The molecule has 0 N–H and O–H groups in total. The first kappa shape index (κ1) is 24.1. The quantitative estimate of drug-likeness (QED) is 0.456. The highest BCUT2D eigenvalue weighted by molar-refractivity contribution is 5.68. The first-order valence-corrected chi connectivity index (χ1v) is 9.61. The number of carbonyl (C=O) groups is 4. The van der Waals surface area contributed by atoms with E-state index in [0.717, 1.165) is 19.4 Å². The van der Waals surface area contributed by atoms with Crippen LogP contribution < -0.4 is 4.74 Å². The Labute approximate surface area is 179 Å². The standard InChI is InChI=1S/C21H26O10/c1-11-8-6-7-9-16(11)30-21-20(29-15(5)25)19(28-14(4)24)18(27-13(3)23)17(31-21)10-26-12(2)22/h6-9,17-21H,10H2,1-5H3/t17-,18+,19+,20-,21+/m0/s1. The number of benzene rings is 1. The van der Waals surface area contributed by atoms with Crippen molar-refractivity contribution in [2.45, 2.75) is 65.3 Å². The fraction of sp³-hybridized carbons (Fsp3) is 0.524. The summed E-state index contributed by atoms with van der Waals surface area (Å²) in [6.07, 6.45) is -6.06. The first-order chi connectivity index (χ1) is 14.6. The van der Waals surface area contributed by atoms with Gasteiger partial charge in [0.15, 0.2) is 12.2 Å². The lowest BCUT2D eigenvalue weighted by Gasteiger charge is -2.44. The highest BCUT2D eigenvalue weighted by Gasteiger charge is 2.53. The maximum atomic E-state index is 11.8. The van der Waals surface area contributed by atoms with Gasteiger partial charge in [0.05, 0.1) is 0 Å². The van der Waals surface area contributed by atoms with E-state index in [-0.39, 0.29) is 6.61 Å². The molecule has 1 aliphatic rings. The second-order valence-electron chi connectivity index (χ2n) is 6.95. The third-order valence-corrected chi connectivity index (χ3v) is 4.28. The van der Waals surface area contributed by atoms with Crippen LogP contribution in [0.25, 0.3) is 0 Å². The second-order valence-corrected chi connectivity index (χ2v) is 6.95. The van der Waals surface area contributed by atoms with Crippen molar-refractivity contribution in [3.63, 3.8) is 0 Å². The number of hydrogen-bond donors (Lipinski definition) is 0. The van der Waals surface area contributed by atoms with E-state index in [2.05, 4.69) is 0 Å². The van der Waals surface area contributed by atoms with Crippen molar-refractivity contribution in [3.8, 4) is 5.75 Å². The minimum Gasteiger partial charge on any atom is -0.463 e. The molecule has 10 heteroatoms. The molecule has 170 valence electrons. The van der Waals surface area contributed by atoms with Crippen molar-refractivity contribution in [2.24, 2.45) is 0 Å². The molecule has 1 aromatic carbocycles. The molecule has 1 heterocycles. The minimum absolute atomic E-state index is 0.314. The van der Waals surface area contributed by atoms with Crippen molar-refractivity contribution >= 4 is 23.9 Å². The molecule has 0 bridgehead atoms. The highest BCUT2D eigenvalue weighted by atomic mass is 16.7. The summed E-state index contributed by atoms with van der Waals surface area (Å²) in [5.74, 6) is -2.25. The van der Waals surface area contributed by atoms with Crippen LogP contribution >= 0.6 is 0 Å². The largest absolute Gasteiger partial charge is 0.463 e. The molecule has 0 amide bonds. The van der Waals surface area contributed by atoms with Crippen LogP contribution in [0, 0.1) is 6.92 Å². The van der Waals surface area contributed by atoms with Crippen molar-refractivity contribution in [1.29, 1.82) is 0 Å². The molecular weight excluding hydrogens is 412 g/mol. The summed E-state index contributed by atoms with van der Waals surface area (Å²) in [5, 5.41) is 0. The lowest BCUT2D eigenvalue weighted by atomic mass is 9.98. The highest BCUT2D eigenvalue weighted by Crippen LogP contribution is 2.31. The van der Waals surface area contributed by atoms with Crippen molar-refractivity contribution in [3.05, 3.63) is 29.8 Å². The number of carbonyl (C=O) groups excluding carboxylic acids is 4. The molecule has 10 nitrogen and oxygen atoms in total. The Morgan fingerprint density at radius 2 is 1.35 bits per heavy atom. The monoisotopic (exact) mass is 438 g/mol. The molecule has 1 fully saturated rings. The number of rotatable bonds is 7. The molecule has 1 saturated heterocycles. The lowest BCUT2D eigenvalue weighted by Crippen LogP contribution is -2.63. The minimum atomic E-state index is -1.27. The smallest absolute Gasteiger partial charge is 0.303 e. The van der Waals surface area contributed by atoms with E-state index in [4.69, 9.17) is 28.4 Å². The molecule has 1 aliphatic heterocycles. The van der Waals surface area contributed by atoms with Crippen molar-refractivity contribution in [1.82, 2.24) is 0 Å². The Balaban J connectivity index is 2.46. The van der Waals surface area contributed by atoms with Crippen LogP contribution in [-0.2, 0) is 42.9 Å².